The number of nitrogens with zero attached hydrogens (tertiary/aromatic N) is 2. The Kier molecular flexibility index (Phi) is 3.20. The third-order valence-corrected chi connectivity index (χ3v) is 4.46. The van der Waals surface area contributed by atoms with E-state index in [1.807, 2.05) is 0 Å². The van der Waals surface area contributed by atoms with Crippen molar-refractivity contribution >= 4 is 5.82 Å². The van der Waals surface area contributed by atoms with Gasteiger partial charge in [0.1, 0.15) is 12.1 Å². The van der Waals surface area contributed by atoms with Gasteiger partial charge in [-0.2, -0.15) is 0 Å². The zero-order valence-electron chi connectivity index (χ0n) is 10.9. The molecule has 4 heteroatoms. The molecular formula is C14H22N4. The van der Waals surface area contributed by atoms with Crippen molar-refractivity contribution in [3.8, 4) is 0 Å². The Morgan fingerprint density at radius 3 is 2.72 bits per heavy atom. The Morgan fingerprint density at radius 1 is 1.11 bits per heavy atom. The van der Waals surface area contributed by atoms with Crippen LogP contribution in [-0.4, -0.2) is 22.1 Å². The van der Waals surface area contributed by atoms with Gasteiger partial charge in [-0.3, -0.25) is 0 Å². The Labute approximate surface area is 108 Å². The van der Waals surface area contributed by atoms with Gasteiger partial charge in [0, 0.05) is 17.8 Å². The topological polar surface area (TPSA) is 63.8 Å². The molecule has 0 amide bonds. The maximum absolute atomic E-state index is 6.03. The maximum atomic E-state index is 6.03. The number of nitrogens with one attached hydrogen (secondary N) is 1. The van der Waals surface area contributed by atoms with E-state index >= 15 is 0 Å². The molecule has 1 aromatic rings. The van der Waals surface area contributed by atoms with E-state index < -0.39 is 0 Å². The zero-order chi connectivity index (χ0) is 12.4. The number of hydrogen-bond donors (Lipinski definition) is 2. The first-order chi connectivity index (χ1) is 8.83. The molecule has 0 aliphatic heterocycles. The highest BCUT2D eigenvalue weighted by atomic mass is 15.1. The molecule has 1 fully saturated rings. The second-order valence-corrected chi connectivity index (χ2v) is 5.67. The molecule has 1 saturated carbocycles. The number of rotatable bonds is 3. The molecule has 3 rings (SSSR count). The van der Waals surface area contributed by atoms with Gasteiger partial charge in [0.05, 0.1) is 5.54 Å². The van der Waals surface area contributed by atoms with Gasteiger partial charge in [-0.1, -0.05) is 19.3 Å². The third-order valence-electron chi connectivity index (χ3n) is 4.46. The molecule has 0 unspecified atom stereocenters. The van der Waals surface area contributed by atoms with E-state index in [2.05, 4.69) is 15.3 Å². The van der Waals surface area contributed by atoms with E-state index in [9.17, 15) is 0 Å². The number of anilines is 1. The molecule has 98 valence electrons. The first-order valence-electron chi connectivity index (χ1n) is 7.14. The molecule has 0 bridgehead atoms. The molecule has 2 aliphatic carbocycles. The monoisotopic (exact) mass is 246 g/mol. The number of fused-ring (bicyclic) bond motifs is 1. The zero-order valence-corrected chi connectivity index (χ0v) is 10.9. The largest absolute Gasteiger partial charge is 0.363 e. The fraction of sp³-hybridized carbons (Fsp3) is 0.714. The minimum absolute atomic E-state index is 0.0724. The van der Waals surface area contributed by atoms with Crippen LogP contribution >= 0.6 is 0 Å². The number of aromatic nitrogens is 2. The molecule has 4 nitrogen and oxygen atoms in total. The molecule has 0 aromatic carbocycles. The normalized spacial score (nSPS) is 21.6. The highest BCUT2D eigenvalue weighted by Crippen LogP contribution is 2.33. The summed E-state index contributed by atoms with van der Waals surface area (Å²) in [6.45, 7) is 0.700. The van der Waals surface area contributed by atoms with Crippen molar-refractivity contribution in [2.75, 3.05) is 11.9 Å². The van der Waals surface area contributed by atoms with Gasteiger partial charge in [-0.15, -0.1) is 0 Å². The van der Waals surface area contributed by atoms with Crippen molar-refractivity contribution in [1.29, 1.82) is 0 Å². The second kappa shape index (κ2) is 4.84. The number of hydrogen-bond acceptors (Lipinski definition) is 4. The van der Waals surface area contributed by atoms with Gasteiger partial charge in [0.25, 0.3) is 0 Å². The molecule has 0 saturated heterocycles. The number of nitrogens with two attached hydrogens (primary N) is 1. The van der Waals surface area contributed by atoms with Crippen LogP contribution in [0.5, 0.6) is 0 Å². The van der Waals surface area contributed by atoms with Crippen molar-refractivity contribution in [3.63, 3.8) is 0 Å². The highest BCUT2D eigenvalue weighted by Gasteiger charge is 2.32. The van der Waals surface area contributed by atoms with Crippen LogP contribution in [0.4, 0.5) is 5.82 Å². The standard InChI is InChI=1S/C14H22N4/c15-9-14(7-2-1-3-8-14)18-13-11-5-4-6-12(11)16-10-17-13/h10H,1-9,15H2,(H,16,17,18). The molecular weight excluding hydrogens is 224 g/mol. The predicted octanol–water partition coefficient (Wildman–Crippen LogP) is 2.04. The third kappa shape index (κ3) is 2.09. The summed E-state index contributed by atoms with van der Waals surface area (Å²) in [6, 6.07) is 0. The predicted molar refractivity (Wildman–Crippen MR) is 72.6 cm³/mol. The van der Waals surface area contributed by atoms with Gasteiger partial charge < -0.3 is 11.1 Å². The van der Waals surface area contributed by atoms with E-state index in [1.54, 1.807) is 6.33 Å². The Morgan fingerprint density at radius 2 is 1.94 bits per heavy atom. The fourth-order valence-electron chi connectivity index (χ4n) is 3.33. The first-order valence-corrected chi connectivity index (χ1v) is 7.14. The summed E-state index contributed by atoms with van der Waals surface area (Å²) in [6.07, 6.45) is 11.3. The maximum Gasteiger partial charge on any atom is 0.133 e. The van der Waals surface area contributed by atoms with E-state index in [-0.39, 0.29) is 5.54 Å². The minimum Gasteiger partial charge on any atom is -0.363 e. The van der Waals surface area contributed by atoms with Crippen LogP contribution in [0.3, 0.4) is 0 Å². The van der Waals surface area contributed by atoms with Crippen LogP contribution in [-0.2, 0) is 12.8 Å². The lowest BCUT2D eigenvalue weighted by Crippen LogP contribution is -2.47. The summed E-state index contributed by atoms with van der Waals surface area (Å²) < 4.78 is 0. The van der Waals surface area contributed by atoms with E-state index in [1.165, 1.54) is 49.8 Å². The highest BCUT2D eigenvalue weighted by molar-refractivity contribution is 5.50. The summed E-state index contributed by atoms with van der Waals surface area (Å²) in [5.41, 5.74) is 8.66. The minimum atomic E-state index is 0.0724. The van der Waals surface area contributed by atoms with Crippen LogP contribution in [0.2, 0.25) is 0 Å². The summed E-state index contributed by atoms with van der Waals surface area (Å²) in [5.74, 6) is 1.05. The van der Waals surface area contributed by atoms with Gasteiger partial charge in [-0.05, 0) is 32.1 Å². The van der Waals surface area contributed by atoms with Gasteiger partial charge in [-0.25, -0.2) is 9.97 Å². The van der Waals surface area contributed by atoms with Crippen LogP contribution in [0.25, 0.3) is 0 Å². The smallest absolute Gasteiger partial charge is 0.133 e. The lowest BCUT2D eigenvalue weighted by molar-refractivity contribution is 0.330. The van der Waals surface area contributed by atoms with Gasteiger partial charge >= 0.3 is 0 Å². The molecule has 0 spiro atoms. The quantitative estimate of drug-likeness (QED) is 0.856. The summed E-state index contributed by atoms with van der Waals surface area (Å²) >= 11 is 0. The molecule has 0 radical (unpaired) electrons. The Hall–Kier alpha value is -1.16. The van der Waals surface area contributed by atoms with E-state index in [0.717, 1.165) is 18.7 Å². The van der Waals surface area contributed by atoms with Crippen LogP contribution in [0.1, 0.15) is 49.8 Å². The van der Waals surface area contributed by atoms with Crippen molar-refractivity contribution < 1.29 is 0 Å². The Balaban J connectivity index is 1.85. The second-order valence-electron chi connectivity index (χ2n) is 5.67. The lowest BCUT2D eigenvalue weighted by Gasteiger charge is -2.38. The van der Waals surface area contributed by atoms with Crippen molar-refractivity contribution in [1.82, 2.24) is 9.97 Å². The van der Waals surface area contributed by atoms with Crippen LogP contribution < -0.4 is 11.1 Å². The van der Waals surface area contributed by atoms with Crippen molar-refractivity contribution in [2.45, 2.75) is 56.9 Å². The van der Waals surface area contributed by atoms with Crippen LogP contribution in [0, 0.1) is 0 Å². The summed E-state index contributed by atoms with van der Waals surface area (Å²) in [5, 5.41) is 3.67. The lowest BCUT2D eigenvalue weighted by atomic mass is 9.81. The average molecular weight is 246 g/mol. The molecule has 3 N–H and O–H groups in total. The summed E-state index contributed by atoms with van der Waals surface area (Å²) in [4.78, 5) is 8.84. The molecule has 18 heavy (non-hydrogen) atoms. The average Bonchev–Trinajstić information content (AvgIpc) is 2.89. The molecule has 1 aromatic heterocycles. The molecule has 1 heterocycles. The van der Waals surface area contributed by atoms with Crippen molar-refractivity contribution in [2.24, 2.45) is 5.73 Å². The molecule has 0 atom stereocenters. The first kappa shape index (κ1) is 11.9. The van der Waals surface area contributed by atoms with E-state index in [4.69, 9.17) is 5.73 Å². The fourth-order valence-corrected chi connectivity index (χ4v) is 3.33. The van der Waals surface area contributed by atoms with Crippen molar-refractivity contribution in [3.05, 3.63) is 17.6 Å². The van der Waals surface area contributed by atoms with Gasteiger partial charge in [0.2, 0.25) is 0 Å². The Bertz CT molecular complexity index is 424. The van der Waals surface area contributed by atoms with Crippen LogP contribution in [0.15, 0.2) is 6.33 Å². The summed E-state index contributed by atoms with van der Waals surface area (Å²) in [7, 11) is 0. The van der Waals surface area contributed by atoms with E-state index in [0.29, 0.717) is 6.54 Å². The van der Waals surface area contributed by atoms with Gasteiger partial charge in [0.15, 0.2) is 0 Å². The SMILES string of the molecule is NCC1(Nc2ncnc3c2CCC3)CCCCC1. The molecule has 2 aliphatic rings. The number of aryl methyl sites for hydroxylation is 1.